The average molecular weight is 255 g/mol. The fourth-order valence-electron chi connectivity index (χ4n) is 2.72. The quantitative estimate of drug-likeness (QED) is 0.595. The van der Waals surface area contributed by atoms with Crippen LogP contribution in [0.3, 0.4) is 0 Å². The number of rotatable bonds is 7. The highest BCUT2D eigenvalue weighted by atomic mass is 15.5. The molecule has 2 rings (SSSR count). The zero-order valence-corrected chi connectivity index (χ0v) is 12.0. The molecule has 0 bridgehead atoms. The number of hydrogen-bond acceptors (Lipinski definition) is 5. The molecule has 0 radical (unpaired) electrons. The maximum atomic E-state index is 3.65. The highest BCUT2D eigenvalue weighted by Gasteiger charge is 2.18. The summed E-state index contributed by atoms with van der Waals surface area (Å²) in [5.74, 6) is 0. The Labute approximate surface area is 111 Å². The van der Waals surface area contributed by atoms with Gasteiger partial charge in [-0.05, 0) is 40.0 Å². The number of nitrogens with one attached hydrogen (secondary N) is 2. The van der Waals surface area contributed by atoms with Crippen LogP contribution in [-0.2, 0) is 0 Å². The number of nitrogens with zero attached hydrogens (tertiary/aromatic N) is 3. The Balaban J connectivity index is 1.37. The minimum absolute atomic E-state index is 0.743. The molecule has 2 saturated heterocycles. The summed E-state index contributed by atoms with van der Waals surface area (Å²) in [5, 5.41) is 7.17. The van der Waals surface area contributed by atoms with E-state index in [1.807, 2.05) is 0 Å². The predicted molar refractivity (Wildman–Crippen MR) is 75.6 cm³/mol. The molecule has 0 unspecified atom stereocenters. The van der Waals surface area contributed by atoms with Gasteiger partial charge in [0.05, 0.1) is 13.3 Å². The van der Waals surface area contributed by atoms with Crippen molar-refractivity contribution in [3.8, 4) is 0 Å². The molecule has 106 valence electrons. The summed E-state index contributed by atoms with van der Waals surface area (Å²) in [6.45, 7) is 9.25. The van der Waals surface area contributed by atoms with Gasteiger partial charge in [-0.3, -0.25) is 9.80 Å². The van der Waals surface area contributed by atoms with Gasteiger partial charge in [0.1, 0.15) is 0 Å². The first-order chi connectivity index (χ1) is 8.74. The van der Waals surface area contributed by atoms with Crippen LogP contribution in [0.5, 0.6) is 0 Å². The average Bonchev–Trinajstić information content (AvgIpc) is 2.33. The van der Waals surface area contributed by atoms with Crippen LogP contribution < -0.4 is 10.6 Å². The second-order valence-electron chi connectivity index (χ2n) is 5.82. The molecule has 2 heterocycles. The molecule has 2 N–H and O–H groups in total. The molecule has 0 aromatic heterocycles. The van der Waals surface area contributed by atoms with Gasteiger partial charge in [-0.1, -0.05) is 0 Å². The third-order valence-electron chi connectivity index (χ3n) is 3.94. The molecule has 0 spiro atoms. The fraction of sp³-hybridized carbons (Fsp3) is 1.00. The van der Waals surface area contributed by atoms with Gasteiger partial charge in [-0.2, -0.15) is 0 Å². The molecule has 18 heavy (non-hydrogen) atoms. The van der Waals surface area contributed by atoms with Gasteiger partial charge in [0, 0.05) is 32.2 Å². The molecular formula is C13H29N5. The van der Waals surface area contributed by atoms with Crippen LogP contribution in [0.1, 0.15) is 12.8 Å². The zero-order chi connectivity index (χ0) is 12.8. The van der Waals surface area contributed by atoms with E-state index in [4.69, 9.17) is 0 Å². The largest absolute Gasteiger partial charge is 0.314 e. The Kier molecular flexibility index (Phi) is 5.85. The third kappa shape index (κ3) is 4.82. The smallest absolute Gasteiger partial charge is 0.0527 e. The van der Waals surface area contributed by atoms with E-state index in [1.165, 1.54) is 32.5 Å². The van der Waals surface area contributed by atoms with E-state index in [9.17, 15) is 0 Å². The Morgan fingerprint density at radius 2 is 1.67 bits per heavy atom. The first-order valence-corrected chi connectivity index (χ1v) is 7.27. The van der Waals surface area contributed by atoms with Gasteiger partial charge >= 0.3 is 0 Å². The lowest BCUT2D eigenvalue weighted by Crippen LogP contribution is -2.54. The number of piperidine rings is 1. The summed E-state index contributed by atoms with van der Waals surface area (Å²) in [5.41, 5.74) is 0. The summed E-state index contributed by atoms with van der Waals surface area (Å²) < 4.78 is 0. The second kappa shape index (κ2) is 7.40. The first kappa shape index (κ1) is 14.2. The Morgan fingerprint density at radius 1 is 0.944 bits per heavy atom. The van der Waals surface area contributed by atoms with E-state index in [-0.39, 0.29) is 0 Å². The lowest BCUT2D eigenvalue weighted by Gasteiger charge is -2.39. The third-order valence-corrected chi connectivity index (χ3v) is 3.94. The lowest BCUT2D eigenvalue weighted by atomic mass is 10.1. The first-order valence-electron chi connectivity index (χ1n) is 7.27. The van der Waals surface area contributed by atoms with Gasteiger partial charge in [0.15, 0.2) is 0 Å². The van der Waals surface area contributed by atoms with Crippen LogP contribution in [0.15, 0.2) is 0 Å². The fourth-order valence-corrected chi connectivity index (χ4v) is 2.72. The van der Waals surface area contributed by atoms with E-state index in [2.05, 4.69) is 39.4 Å². The highest BCUT2D eigenvalue weighted by molar-refractivity contribution is 4.75. The van der Waals surface area contributed by atoms with Gasteiger partial charge in [-0.25, -0.2) is 0 Å². The van der Waals surface area contributed by atoms with Gasteiger partial charge < -0.3 is 15.5 Å². The van der Waals surface area contributed by atoms with Crippen molar-refractivity contribution in [2.75, 3.05) is 66.7 Å². The van der Waals surface area contributed by atoms with Crippen molar-refractivity contribution in [2.45, 2.75) is 18.9 Å². The Bertz CT molecular complexity index is 221. The lowest BCUT2D eigenvalue weighted by molar-refractivity contribution is -0.00721. The normalized spacial score (nSPS) is 24.3. The maximum absolute atomic E-state index is 3.65. The van der Waals surface area contributed by atoms with Crippen molar-refractivity contribution in [3.05, 3.63) is 0 Å². The van der Waals surface area contributed by atoms with E-state index in [0.29, 0.717) is 0 Å². The number of likely N-dealkylation sites (tertiary alicyclic amines) is 1. The molecule has 0 aliphatic carbocycles. The minimum Gasteiger partial charge on any atom is -0.314 e. The van der Waals surface area contributed by atoms with Crippen molar-refractivity contribution in [1.29, 1.82) is 0 Å². The second-order valence-corrected chi connectivity index (χ2v) is 5.82. The number of hydrogen-bond donors (Lipinski definition) is 2. The Hall–Kier alpha value is -0.200. The molecule has 2 aliphatic heterocycles. The van der Waals surface area contributed by atoms with E-state index in [0.717, 1.165) is 39.0 Å². The molecule has 0 amide bonds. The van der Waals surface area contributed by atoms with Gasteiger partial charge in [0.2, 0.25) is 0 Å². The van der Waals surface area contributed by atoms with Crippen LogP contribution in [0.2, 0.25) is 0 Å². The standard InChI is InChI=1S/C13H29N5/c1-16-8-3-13(4-9-16)15-6-5-14-7-10-18-11-17(2)12-18/h13-15H,3-12H2,1-2H3. The maximum Gasteiger partial charge on any atom is 0.0527 e. The van der Waals surface area contributed by atoms with Crippen molar-refractivity contribution in [3.63, 3.8) is 0 Å². The SMILES string of the molecule is CN1CCC(NCCNCCN2CN(C)C2)CC1. The monoisotopic (exact) mass is 255 g/mol. The Morgan fingerprint density at radius 3 is 2.33 bits per heavy atom. The molecule has 0 aromatic rings. The van der Waals surface area contributed by atoms with Gasteiger partial charge in [0.25, 0.3) is 0 Å². The van der Waals surface area contributed by atoms with E-state index >= 15 is 0 Å². The molecule has 2 aliphatic rings. The van der Waals surface area contributed by atoms with Crippen LogP contribution in [0, 0.1) is 0 Å². The van der Waals surface area contributed by atoms with Crippen molar-refractivity contribution < 1.29 is 0 Å². The molecule has 5 nitrogen and oxygen atoms in total. The van der Waals surface area contributed by atoms with Crippen LogP contribution in [-0.4, -0.2) is 87.4 Å². The van der Waals surface area contributed by atoms with Crippen molar-refractivity contribution >= 4 is 0 Å². The van der Waals surface area contributed by atoms with Crippen molar-refractivity contribution in [1.82, 2.24) is 25.3 Å². The molecular weight excluding hydrogens is 226 g/mol. The van der Waals surface area contributed by atoms with Crippen LogP contribution >= 0.6 is 0 Å². The van der Waals surface area contributed by atoms with Gasteiger partial charge in [-0.15, -0.1) is 0 Å². The topological polar surface area (TPSA) is 33.8 Å². The van der Waals surface area contributed by atoms with Crippen LogP contribution in [0.4, 0.5) is 0 Å². The van der Waals surface area contributed by atoms with Crippen molar-refractivity contribution in [2.24, 2.45) is 0 Å². The molecule has 0 atom stereocenters. The zero-order valence-electron chi connectivity index (χ0n) is 12.0. The summed E-state index contributed by atoms with van der Waals surface area (Å²) in [6, 6.07) is 0.743. The molecule has 0 aromatic carbocycles. The van der Waals surface area contributed by atoms with E-state index in [1.54, 1.807) is 0 Å². The highest BCUT2D eigenvalue weighted by Crippen LogP contribution is 2.07. The molecule has 5 heteroatoms. The predicted octanol–water partition coefficient (Wildman–Crippen LogP) is -0.578. The summed E-state index contributed by atoms with van der Waals surface area (Å²) in [6.07, 6.45) is 2.60. The summed E-state index contributed by atoms with van der Waals surface area (Å²) >= 11 is 0. The molecule has 2 fully saturated rings. The minimum atomic E-state index is 0.743. The summed E-state index contributed by atoms with van der Waals surface area (Å²) in [7, 11) is 4.38. The summed E-state index contributed by atoms with van der Waals surface area (Å²) in [4.78, 5) is 7.19. The van der Waals surface area contributed by atoms with E-state index < -0.39 is 0 Å². The molecule has 0 saturated carbocycles. The van der Waals surface area contributed by atoms with Crippen LogP contribution in [0.25, 0.3) is 0 Å².